The van der Waals surface area contributed by atoms with Gasteiger partial charge in [0.2, 0.25) is 5.89 Å². The molecule has 8 aromatic carbocycles. The highest BCUT2D eigenvalue weighted by Gasteiger charge is 2.37. The Morgan fingerprint density at radius 2 is 0.911 bits per heavy atom. The van der Waals surface area contributed by atoms with Gasteiger partial charge in [-0.25, -0.2) is 4.98 Å². The summed E-state index contributed by atoms with van der Waals surface area (Å²) in [5.41, 5.74) is 18.9. The van der Waals surface area contributed by atoms with Gasteiger partial charge < -0.3 is 9.32 Å². The summed E-state index contributed by atoms with van der Waals surface area (Å²) in [5.74, 6) is 0.634. The molecule has 56 heavy (non-hydrogen) atoms. The number of nitrogens with zero attached hydrogens (tertiary/aromatic N) is 2. The molecule has 0 atom stereocenters. The molecule has 0 amide bonds. The number of fused-ring (bicyclic) bond motifs is 9. The number of oxazole rings is 1. The van der Waals surface area contributed by atoms with Crippen LogP contribution in [0.3, 0.4) is 0 Å². The molecule has 0 radical (unpaired) electrons. The van der Waals surface area contributed by atoms with Crippen molar-refractivity contribution in [2.45, 2.75) is 38.5 Å². The van der Waals surface area contributed by atoms with E-state index in [1.807, 2.05) is 30.3 Å². The van der Waals surface area contributed by atoms with E-state index in [4.69, 9.17) is 9.40 Å². The third-order valence-corrected chi connectivity index (χ3v) is 12.5. The van der Waals surface area contributed by atoms with E-state index < -0.39 is 0 Å². The van der Waals surface area contributed by atoms with Crippen molar-refractivity contribution >= 4 is 38.9 Å². The van der Waals surface area contributed by atoms with Crippen LogP contribution in [0.1, 0.15) is 49.9 Å². The molecule has 0 aliphatic heterocycles. The minimum Gasteiger partial charge on any atom is -0.435 e. The van der Waals surface area contributed by atoms with Crippen LogP contribution in [0.2, 0.25) is 0 Å². The Labute approximate surface area is 327 Å². The molecule has 3 nitrogen and oxygen atoms in total. The molecule has 0 bridgehead atoms. The van der Waals surface area contributed by atoms with Crippen LogP contribution < -0.4 is 4.90 Å². The van der Waals surface area contributed by atoms with E-state index in [2.05, 4.69) is 172 Å². The fraction of sp³-hybridized carbons (Fsp3) is 0.113. The first-order chi connectivity index (χ1) is 27.3. The van der Waals surface area contributed by atoms with Gasteiger partial charge in [-0.2, -0.15) is 0 Å². The van der Waals surface area contributed by atoms with Gasteiger partial charge in [-0.3, -0.25) is 0 Å². The normalized spacial score (nSPS) is 14.4. The lowest BCUT2D eigenvalue weighted by molar-refractivity contribution is 0.623. The van der Waals surface area contributed by atoms with Crippen molar-refractivity contribution < 1.29 is 4.42 Å². The number of hydrogen-bond donors (Lipinski definition) is 0. The van der Waals surface area contributed by atoms with Gasteiger partial charge in [0, 0.05) is 38.8 Å². The van der Waals surface area contributed by atoms with Gasteiger partial charge in [0.1, 0.15) is 5.52 Å². The van der Waals surface area contributed by atoms with Crippen molar-refractivity contribution in [3.05, 3.63) is 192 Å². The van der Waals surface area contributed by atoms with Crippen molar-refractivity contribution in [3.63, 3.8) is 0 Å². The topological polar surface area (TPSA) is 29.3 Å². The molecule has 268 valence electrons. The highest BCUT2D eigenvalue weighted by Crippen LogP contribution is 2.53. The number of rotatable bonds is 5. The Hall–Kier alpha value is -6.71. The van der Waals surface area contributed by atoms with Crippen LogP contribution in [-0.2, 0) is 10.8 Å². The van der Waals surface area contributed by atoms with Gasteiger partial charge in [0.05, 0.1) is 0 Å². The number of hydrogen-bond acceptors (Lipinski definition) is 3. The molecule has 0 saturated carbocycles. The summed E-state index contributed by atoms with van der Waals surface area (Å²) in [6.07, 6.45) is 0. The Balaban J connectivity index is 1.06. The smallest absolute Gasteiger partial charge is 0.227 e. The molecule has 0 N–H and O–H groups in total. The summed E-state index contributed by atoms with van der Waals surface area (Å²) < 4.78 is 6.42. The third kappa shape index (κ3) is 4.73. The molecule has 2 aliphatic rings. The van der Waals surface area contributed by atoms with Crippen molar-refractivity contribution in [2.75, 3.05) is 4.90 Å². The molecule has 11 rings (SSSR count). The lowest BCUT2D eigenvalue weighted by Crippen LogP contribution is -2.18. The van der Waals surface area contributed by atoms with Crippen molar-refractivity contribution in [3.8, 4) is 44.8 Å². The van der Waals surface area contributed by atoms with Crippen LogP contribution in [0.4, 0.5) is 17.1 Å². The molecule has 1 aromatic heterocycles. The standard InChI is InChI=1S/C53H40N2O/c1-52(2)45-20-12-10-17-39(45)41-28-26-36(30-47(41)52)55(37-27-29-42-40-18-11-13-21-46(40)53(3,4)48(42)31-37)35-24-22-33(23-25-35)44-32-49-50(43-19-9-8-16-38(43)44)56-51(54-49)34-14-6-5-7-15-34/h5-32H,1-4H3. The number of benzene rings is 8. The Bertz CT molecular complexity index is 2920. The van der Waals surface area contributed by atoms with Gasteiger partial charge in [-0.1, -0.05) is 143 Å². The summed E-state index contributed by atoms with van der Waals surface area (Å²) in [4.78, 5) is 7.42. The average Bonchev–Trinajstić information content (AvgIpc) is 3.85. The van der Waals surface area contributed by atoms with Gasteiger partial charge in [-0.05, 0) is 116 Å². The minimum atomic E-state index is -0.111. The van der Waals surface area contributed by atoms with Gasteiger partial charge in [0.15, 0.2) is 5.58 Å². The van der Waals surface area contributed by atoms with E-state index in [1.54, 1.807) is 0 Å². The fourth-order valence-corrected chi connectivity index (χ4v) is 9.60. The maximum absolute atomic E-state index is 6.42. The number of anilines is 3. The maximum atomic E-state index is 6.42. The molecule has 0 unspecified atom stereocenters. The predicted molar refractivity (Wildman–Crippen MR) is 232 cm³/mol. The Kier molecular flexibility index (Phi) is 6.94. The highest BCUT2D eigenvalue weighted by atomic mass is 16.3. The molecular weight excluding hydrogens is 681 g/mol. The second kappa shape index (κ2) is 11.9. The molecule has 3 heteroatoms. The molecule has 0 spiro atoms. The number of aromatic nitrogens is 1. The molecule has 0 fully saturated rings. The summed E-state index contributed by atoms with van der Waals surface area (Å²) in [5, 5.41) is 2.20. The summed E-state index contributed by atoms with van der Waals surface area (Å²) in [7, 11) is 0. The van der Waals surface area contributed by atoms with E-state index >= 15 is 0 Å². The zero-order valence-electron chi connectivity index (χ0n) is 32.0. The Morgan fingerprint density at radius 1 is 0.411 bits per heavy atom. The second-order valence-electron chi connectivity index (χ2n) is 16.4. The first kappa shape index (κ1) is 32.7. The van der Waals surface area contributed by atoms with E-state index in [0.717, 1.165) is 55.6 Å². The molecular formula is C53H40N2O. The van der Waals surface area contributed by atoms with E-state index in [9.17, 15) is 0 Å². The summed E-state index contributed by atoms with van der Waals surface area (Å²) in [6.45, 7) is 9.42. The largest absolute Gasteiger partial charge is 0.435 e. The molecule has 9 aromatic rings. The second-order valence-corrected chi connectivity index (χ2v) is 16.4. The lowest BCUT2D eigenvalue weighted by atomic mass is 9.82. The van der Waals surface area contributed by atoms with Crippen LogP contribution in [0.15, 0.2) is 174 Å². The predicted octanol–water partition coefficient (Wildman–Crippen LogP) is 14.4. The average molecular weight is 721 g/mol. The van der Waals surface area contributed by atoms with Gasteiger partial charge in [-0.15, -0.1) is 0 Å². The molecule has 1 heterocycles. The van der Waals surface area contributed by atoms with Crippen LogP contribution in [-0.4, -0.2) is 4.98 Å². The minimum absolute atomic E-state index is 0.111. The summed E-state index contributed by atoms with van der Waals surface area (Å²) >= 11 is 0. The SMILES string of the molecule is CC1(C)c2ccccc2-c2ccc(N(c3ccc(-c4cc5nc(-c6ccccc6)oc5c5ccccc45)cc3)c3ccc4c(c3)C(C)(C)c3ccccc3-4)cc21. The highest BCUT2D eigenvalue weighted by molar-refractivity contribution is 6.11. The monoisotopic (exact) mass is 720 g/mol. The van der Waals surface area contributed by atoms with E-state index in [1.165, 1.54) is 44.5 Å². The van der Waals surface area contributed by atoms with E-state index in [-0.39, 0.29) is 10.8 Å². The van der Waals surface area contributed by atoms with Crippen LogP contribution in [0.25, 0.3) is 66.7 Å². The van der Waals surface area contributed by atoms with Crippen molar-refractivity contribution in [1.29, 1.82) is 0 Å². The summed E-state index contributed by atoms with van der Waals surface area (Å²) in [6, 6.07) is 61.7. The zero-order valence-corrected chi connectivity index (χ0v) is 32.0. The van der Waals surface area contributed by atoms with Gasteiger partial charge in [0.25, 0.3) is 0 Å². The fourth-order valence-electron chi connectivity index (χ4n) is 9.60. The maximum Gasteiger partial charge on any atom is 0.227 e. The molecule has 2 aliphatic carbocycles. The zero-order chi connectivity index (χ0) is 37.8. The first-order valence-electron chi connectivity index (χ1n) is 19.5. The lowest BCUT2D eigenvalue weighted by Gasteiger charge is -2.30. The van der Waals surface area contributed by atoms with E-state index in [0.29, 0.717) is 5.89 Å². The van der Waals surface area contributed by atoms with Crippen LogP contribution in [0, 0.1) is 0 Å². The van der Waals surface area contributed by atoms with Crippen molar-refractivity contribution in [1.82, 2.24) is 4.98 Å². The Morgan fingerprint density at radius 3 is 1.52 bits per heavy atom. The first-order valence-corrected chi connectivity index (χ1v) is 19.5. The van der Waals surface area contributed by atoms with Crippen molar-refractivity contribution in [2.24, 2.45) is 0 Å². The van der Waals surface area contributed by atoms with Crippen LogP contribution >= 0.6 is 0 Å². The van der Waals surface area contributed by atoms with Gasteiger partial charge >= 0.3 is 0 Å². The quantitative estimate of drug-likeness (QED) is 0.177. The van der Waals surface area contributed by atoms with Crippen LogP contribution in [0.5, 0.6) is 0 Å². The third-order valence-electron chi connectivity index (χ3n) is 12.5. The molecule has 0 saturated heterocycles.